The summed E-state index contributed by atoms with van der Waals surface area (Å²) in [5.74, 6) is 2.66. The Morgan fingerprint density at radius 3 is 2.39 bits per heavy atom. The lowest BCUT2D eigenvalue weighted by atomic mass is 10.1. The summed E-state index contributed by atoms with van der Waals surface area (Å²) in [6.07, 6.45) is 2.70. The Labute approximate surface area is 140 Å². The van der Waals surface area contributed by atoms with E-state index < -0.39 is 0 Å². The molecule has 0 spiro atoms. The van der Waals surface area contributed by atoms with E-state index in [2.05, 4.69) is 53.4 Å². The number of guanidine groups is 1. The van der Waals surface area contributed by atoms with Crippen LogP contribution in [0, 0.1) is 5.92 Å². The van der Waals surface area contributed by atoms with Crippen LogP contribution in [0.3, 0.4) is 0 Å². The molecule has 0 bridgehead atoms. The maximum absolute atomic E-state index is 5.20. The van der Waals surface area contributed by atoms with Gasteiger partial charge in [-0.1, -0.05) is 12.1 Å². The summed E-state index contributed by atoms with van der Waals surface area (Å²) in [4.78, 5) is 8.89. The molecule has 5 nitrogen and oxygen atoms in total. The van der Waals surface area contributed by atoms with Crippen molar-refractivity contribution in [1.82, 2.24) is 15.1 Å². The first-order valence-electron chi connectivity index (χ1n) is 8.26. The van der Waals surface area contributed by atoms with E-state index in [0.29, 0.717) is 6.04 Å². The number of aliphatic imine (C=N–C) groups is 1. The van der Waals surface area contributed by atoms with Gasteiger partial charge in [0.05, 0.1) is 7.11 Å². The number of hydrogen-bond donors (Lipinski definition) is 1. The van der Waals surface area contributed by atoms with Crippen LogP contribution in [0.2, 0.25) is 0 Å². The first kappa shape index (κ1) is 17.6. The van der Waals surface area contributed by atoms with E-state index >= 15 is 0 Å². The van der Waals surface area contributed by atoms with Gasteiger partial charge < -0.3 is 19.9 Å². The molecular weight excluding hydrogens is 288 g/mol. The minimum absolute atomic E-state index is 0.584. The van der Waals surface area contributed by atoms with Gasteiger partial charge in [0.25, 0.3) is 0 Å². The lowest BCUT2D eigenvalue weighted by Gasteiger charge is -2.28. The number of nitrogens with zero attached hydrogens (tertiary/aromatic N) is 3. The highest BCUT2D eigenvalue weighted by atomic mass is 16.5. The molecule has 5 heteroatoms. The fourth-order valence-corrected chi connectivity index (χ4v) is 2.91. The summed E-state index contributed by atoms with van der Waals surface area (Å²) < 4.78 is 5.20. The van der Waals surface area contributed by atoms with Crippen LogP contribution in [0.1, 0.15) is 18.4 Å². The van der Waals surface area contributed by atoms with Crippen LogP contribution in [0.5, 0.6) is 5.75 Å². The van der Waals surface area contributed by atoms with Crippen molar-refractivity contribution in [2.75, 3.05) is 41.8 Å². The Morgan fingerprint density at radius 1 is 1.26 bits per heavy atom. The smallest absolute Gasteiger partial charge is 0.193 e. The summed E-state index contributed by atoms with van der Waals surface area (Å²) >= 11 is 0. The van der Waals surface area contributed by atoms with Crippen LogP contribution >= 0.6 is 0 Å². The lowest BCUT2D eigenvalue weighted by Crippen LogP contribution is -2.46. The van der Waals surface area contributed by atoms with Crippen molar-refractivity contribution in [3.8, 4) is 5.75 Å². The van der Waals surface area contributed by atoms with Gasteiger partial charge in [0.15, 0.2) is 5.96 Å². The average Bonchev–Trinajstić information content (AvgIpc) is 3.36. The van der Waals surface area contributed by atoms with Crippen molar-refractivity contribution < 1.29 is 4.74 Å². The van der Waals surface area contributed by atoms with Gasteiger partial charge in [0.1, 0.15) is 5.75 Å². The second-order valence-electron chi connectivity index (χ2n) is 6.50. The first-order chi connectivity index (χ1) is 11.0. The number of ether oxygens (including phenoxy) is 1. The van der Waals surface area contributed by atoms with Crippen molar-refractivity contribution in [3.63, 3.8) is 0 Å². The third-order valence-electron chi connectivity index (χ3n) is 4.45. The number of rotatable bonds is 7. The molecule has 1 aromatic carbocycles. The standard InChI is InChI=1S/C18H30N4O/c1-19-18(20-12-17(21(2)3)15-8-9-15)22(4)13-14-6-10-16(23-5)11-7-14/h6-7,10-11,15,17H,8-9,12-13H2,1-5H3,(H,19,20). The number of hydrogen-bond acceptors (Lipinski definition) is 3. The molecule has 0 heterocycles. The van der Waals surface area contributed by atoms with Gasteiger partial charge in [0, 0.05) is 33.2 Å². The zero-order valence-electron chi connectivity index (χ0n) is 15.0. The first-order valence-corrected chi connectivity index (χ1v) is 8.26. The molecule has 1 aliphatic rings. The van der Waals surface area contributed by atoms with E-state index in [1.807, 2.05) is 19.2 Å². The van der Waals surface area contributed by atoms with Gasteiger partial charge in [-0.25, -0.2) is 0 Å². The highest BCUT2D eigenvalue weighted by Crippen LogP contribution is 2.34. The monoisotopic (exact) mass is 318 g/mol. The Morgan fingerprint density at radius 2 is 1.91 bits per heavy atom. The third-order valence-corrected chi connectivity index (χ3v) is 4.45. The Kier molecular flexibility index (Phi) is 6.28. The van der Waals surface area contributed by atoms with Crippen LogP contribution in [-0.2, 0) is 6.54 Å². The second-order valence-corrected chi connectivity index (χ2v) is 6.50. The highest BCUT2D eigenvalue weighted by molar-refractivity contribution is 5.79. The quantitative estimate of drug-likeness (QED) is 0.617. The molecule has 1 aromatic rings. The Bertz CT molecular complexity index is 506. The molecule has 23 heavy (non-hydrogen) atoms. The molecule has 1 atom stereocenters. The van der Waals surface area contributed by atoms with Crippen molar-refractivity contribution in [2.24, 2.45) is 10.9 Å². The van der Waals surface area contributed by atoms with Gasteiger partial charge >= 0.3 is 0 Å². The number of likely N-dealkylation sites (N-methyl/N-ethyl adjacent to an activating group) is 1. The van der Waals surface area contributed by atoms with E-state index in [1.54, 1.807) is 7.11 Å². The zero-order valence-corrected chi connectivity index (χ0v) is 15.0. The molecule has 0 saturated heterocycles. The topological polar surface area (TPSA) is 40.1 Å². The maximum atomic E-state index is 5.20. The molecule has 1 aliphatic carbocycles. The minimum Gasteiger partial charge on any atom is -0.497 e. The zero-order chi connectivity index (χ0) is 16.8. The molecule has 2 rings (SSSR count). The fraction of sp³-hybridized carbons (Fsp3) is 0.611. The molecule has 0 aromatic heterocycles. The molecule has 1 unspecified atom stereocenters. The normalized spacial score (nSPS) is 16.3. The predicted molar refractivity (Wildman–Crippen MR) is 96.0 cm³/mol. The van der Waals surface area contributed by atoms with Crippen LogP contribution < -0.4 is 10.1 Å². The maximum Gasteiger partial charge on any atom is 0.193 e. The summed E-state index contributed by atoms with van der Waals surface area (Å²) in [5.41, 5.74) is 1.24. The van der Waals surface area contributed by atoms with Gasteiger partial charge in [-0.15, -0.1) is 0 Å². The molecule has 1 fully saturated rings. The van der Waals surface area contributed by atoms with Crippen molar-refractivity contribution >= 4 is 5.96 Å². The van der Waals surface area contributed by atoms with E-state index in [-0.39, 0.29) is 0 Å². The molecule has 0 aliphatic heterocycles. The van der Waals surface area contributed by atoms with E-state index in [9.17, 15) is 0 Å². The van der Waals surface area contributed by atoms with Gasteiger partial charge in [-0.2, -0.15) is 0 Å². The minimum atomic E-state index is 0.584. The number of benzene rings is 1. The molecule has 0 radical (unpaired) electrons. The summed E-state index contributed by atoms with van der Waals surface area (Å²) in [6.45, 7) is 1.76. The highest BCUT2D eigenvalue weighted by Gasteiger charge is 2.32. The van der Waals surface area contributed by atoms with Crippen LogP contribution in [-0.4, -0.2) is 63.6 Å². The fourth-order valence-electron chi connectivity index (χ4n) is 2.91. The average molecular weight is 318 g/mol. The van der Waals surface area contributed by atoms with Crippen LogP contribution in [0.4, 0.5) is 0 Å². The van der Waals surface area contributed by atoms with Crippen molar-refractivity contribution in [2.45, 2.75) is 25.4 Å². The summed E-state index contributed by atoms with van der Waals surface area (Å²) in [6, 6.07) is 8.76. The second kappa shape index (κ2) is 8.20. The van der Waals surface area contributed by atoms with Gasteiger partial charge in [-0.3, -0.25) is 4.99 Å². The molecule has 0 amide bonds. The molecular formula is C18H30N4O. The van der Waals surface area contributed by atoms with E-state index in [1.165, 1.54) is 18.4 Å². The lowest BCUT2D eigenvalue weighted by molar-refractivity contribution is 0.262. The summed E-state index contributed by atoms with van der Waals surface area (Å²) in [7, 11) is 9.92. The van der Waals surface area contributed by atoms with Gasteiger partial charge in [0.2, 0.25) is 0 Å². The Hall–Kier alpha value is -1.75. The van der Waals surface area contributed by atoms with Crippen LogP contribution in [0.25, 0.3) is 0 Å². The van der Waals surface area contributed by atoms with E-state index in [4.69, 9.17) is 4.74 Å². The molecule has 1 N–H and O–H groups in total. The predicted octanol–water partition coefficient (Wildman–Crippen LogP) is 2.04. The van der Waals surface area contributed by atoms with Crippen LogP contribution in [0.15, 0.2) is 29.3 Å². The third kappa shape index (κ3) is 5.13. The largest absolute Gasteiger partial charge is 0.497 e. The summed E-state index contributed by atoms with van der Waals surface area (Å²) in [5, 5.41) is 3.52. The SMILES string of the molecule is CN=C(NCC(C1CC1)N(C)C)N(C)Cc1ccc(OC)cc1. The number of methoxy groups -OCH3 is 1. The molecule has 1 saturated carbocycles. The Balaban J connectivity index is 1.88. The molecule has 128 valence electrons. The van der Waals surface area contributed by atoms with Crippen molar-refractivity contribution in [1.29, 1.82) is 0 Å². The van der Waals surface area contributed by atoms with Gasteiger partial charge in [-0.05, 0) is 50.6 Å². The number of nitrogens with one attached hydrogen (secondary N) is 1. The van der Waals surface area contributed by atoms with E-state index in [0.717, 1.165) is 30.7 Å². The van der Waals surface area contributed by atoms with Crippen molar-refractivity contribution in [3.05, 3.63) is 29.8 Å².